The second-order valence-electron chi connectivity index (χ2n) is 4.92. The number of pyridine rings is 1. The van der Waals surface area contributed by atoms with Crippen LogP contribution in [0.3, 0.4) is 0 Å². The van der Waals surface area contributed by atoms with Crippen LogP contribution in [0.5, 0.6) is 0 Å². The SMILES string of the molecule is CCC1CN(C(=O)c2ccc(C#N)cn2)CCC1N. The second-order valence-corrected chi connectivity index (χ2v) is 4.92. The predicted molar refractivity (Wildman–Crippen MR) is 71.2 cm³/mol. The average Bonchev–Trinajstić information content (AvgIpc) is 2.47. The summed E-state index contributed by atoms with van der Waals surface area (Å²) in [6.07, 6.45) is 3.24. The van der Waals surface area contributed by atoms with Crippen LogP contribution in [-0.2, 0) is 0 Å². The number of hydrogen-bond donors (Lipinski definition) is 1. The lowest BCUT2D eigenvalue weighted by Crippen LogP contribution is -2.49. The lowest BCUT2D eigenvalue weighted by atomic mass is 9.90. The van der Waals surface area contributed by atoms with Crippen LogP contribution in [0.2, 0.25) is 0 Å². The zero-order chi connectivity index (χ0) is 13.8. The number of piperidine rings is 1. The lowest BCUT2D eigenvalue weighted by molar-refractivity contribution is 0.0643. The molecule has 2 N–H and O–H groups in total. The van der Waals surface area contributed by atoms with Gasteiger partial charge in [0.05, 0.1) is 5.56 Å². The normalized spacial score (nSPS) is 22.9. The van der Waals surface area contributed by atoms with E-state index in [1.165, 1.54) is 6.20 Å². The predicted octanol–water partition coefficient (Wildman–Crippen LogP) is 1.15. The molecule has 1 aromatic rings. The standard InChI is InChI=1S/C14H18N4O/c1-2-11-9-18(6-5-12(11)16)14(19)13-4-3-10(7-15)8-17-13/h3-4,8,11-12H,2,5-6,9,16H2,1H3. The molecule has 100 valence electrons. The van der Waals surface area contributed by atoms with E-state index in [9.17, 15) is 4.79 Å². The summed E-state index contributed by atoms with van der Waals surface area (Å²) in [6.45, 7) is 3.47. The fourth-order valence-electron chi connectivity index (χ4n) is 2.42. The molecule has 2 rings (SSSR count). The van der Waals surface area contributed by atoms with E-state index in [-0.39, 0.29) is 11.9 Å². The number of aromatic nitrogens is 1. The van der Waals surface area contributed by atoms with Gasteiger partial charge in [-0.3, -0.25) is 4.79 Å². The monoisotopic (exact) mass is 258 g/mol. The molecular formula is C14H18N4O. The van der Waals surface area contributed by atoms with Gasteiger partial charge in [0.1, 0.15) is 11.8 Å². The molecule has 0 bridgehead atoms. The maximum atomic E-state index is 12.3. The Morgan fingerprint density at radius 1 is 1.63 bits per heavy atom. The van der Waals surface area contributed by atoms with Crippen LogP contribution in [-0.4, -0.2) is 34.9 Å². The van der Waals surface area contributed by atoms with Crippen molar-refractivity contribution in [2.24, 2.45) is 11.7 Å². The van der Waals surface area contributed by atoms with E-state index >= 15 is 0 Å². The summed E-state index contributed by atoms with van der Waals surface area (Å²) in [5.41, 5.74) is 6.89. The van der Waals surface area contributed by atoms with Crippen molar-refractivity contribution < 1.29 is 4.79 Å². The summed E-state index contributed by atoms with van der Waals surface area (Å²) in [6, 6.07) is 5.40. The topological polar surface area (TPSA) is 83.0 Å². The Hall–Kier alpha value is -1.93. The lowest BCUT2D eigenvalue weighted by Gasteiger charge is -2.36. The van der Waals surface area contributed by atoms with Gasteiger partial charge in [-0.15, -0.1) is 0 Å². The fraction of sp³-hybridized carbons (Fsp3) is 0.500. The fourth-order valence-corrected chi connectivity index (χ4v) is 2.42. The first-order valence-electron chi connectivity index (χ1n) is 6.56. The first-order valence-corrected chi connectivity index (χ1v) is 6.56. The van der Waals surface area contributed by atoms with E-state index < -0.39 is 0 Å². The van der Waals surface area contributed by atoms with Crippen molar-refractivity contribution in [3.05, 3.63) is 29.6 Å². The van der Waals surface area contributed by atoms with E-state index in [4.69, 9.17) is 11.0 Å². The molecule has 1 aliphatic rings. The Kier molecular flexibility index (Phi) is 4.13. The number of hydrogen-bond acceptors (Lipinski definition) is 4. The Balaban J connectivity index is 2.09. The molecule has 0 aliphatic carbocycles. The third-order valence-corrected chi connectivity index (χ3v) is 3.72. The highest BCUT2D eigenvalue weighted by atomic mass is 16.2. The van der Waals surface area contributed by atoms with Gasteiger partial charge in [-0.05, 0) is 24.5 Å². The van der Waals surface area contributed by atoms with E-state index in [1.807, 2.05) is 11.0 Å². The molecule has 2 heterocycles. The Morgan fingerprint density at radius 3 is 3.00 bits per heavy atom. The largest absolute Gasteiger partial charge is 0.337 e. The van der Waals surface area contributed by atoms with Gasteiger partial charge < -0.3 is 10.6 Å². The van der Waals surface area contributed by atoms with Gasteiger partial charge in [-0.25, -0.2) is 4.98 Å². The highest BCUT2D eigenvalue weighted by Gasteiger charge is 2.28. The third kappa shape index (κ3) is 2.91. The highest BCUT2D eigenvalue weighted by Crippen LogP contribution is 2.19. The summed E-state index contributed by atoms with van der Waals surface area (Å²) in [5, 5.41) is 8.71. The van der Waals surface area contributed by atoms with Gasteiger partial charge in [0.2, 0.25) is 0 Å². The van der Waals surface area contributed by atoms with Crippen molar-refractivity contribution in [1.82, 2.24) is 9.88 Å². The summed E-state index contributed by atoms with van der Waals surface area (Å²) < 4.78 is 0. The number of carbonyl (C=O) groups excluding carboxylic acids is 1. The first kappa shape index (κ1) is 13.5. The Labute approximate surface area is 113 Å². The van der Waals surface area contributed by atoms with Crippen molar-refractivity contribution in [2.75, 3.05) is 13.1 Å². The van der Waals surface area contributed by atoms with E-state index in [0.717, 1.165) is 12.8 Å². The highest BCUT2D eigenvalue weighted by molar-refractivity contribution is 5.92. The number of carbonyl (C=O) groups is 1. The van der Waals surface area contributed by atoms with Gasteiger partial charge >= 0.3 is 0 Å². The van der Waals surface area contributed by atoms with Gasteiger partial charge in [0, 0.05) is 25.3 Å². The smallest absolute Gasteiger partial charge is 0.272 e. The van der Waals surface area contributed by atoms with Crippen LogP contribution in [0.15, 0.2) is 18.3 Å². The van der Waals surface area contributed by atoms with Crippen LogP contribution in [0.25, 0.3) is 0 Å². The number of nitrogens with two attached hydrogens (primary N) is 1. The minimum atomic E-state index is -0.0742. The van der Waals surface area contributed by atoms with E-state index in [0.29, 0.717) is 30.3 Å². The summed E-state index contributed by atoms with van der Waals surface area (Å²) >= 11 is 0. The minimum Gasteiger partial charge on any atom is -0.337 e. The second kappa shape index (κ2) is 5.81. The number of likely N-dealkylation sites (tertiary alicyclic amines) is 1. The maximum Gasteiger partial charge on any atom is 0.272 e. The minimum absolute atomic E-state index is 0.0742. The van der Waals surface area contributed by atoms with Crippen molar-refractivity contribution >= 4 is 5.91 Å². The van der Waals surface area contributed by atoms with Gasteiger partial charge in [0.25, 0.3) is 5.91 Å². The number of rotatable bonds is 2. The third-order valence-electron chi connectivity index (χ3n) is 3.72. The molecule has 1 aliphatic heterocycles. The van der Waals surface area contributed by atoms with Crippen LogP contribution in [0, 0.1) is 17.2 Å². The molecule has 1 fully saturated rings. The molecule has 2 unspecified atom stereocenters. The van der Waals surface area contributed by atoms with Crippen LogP contribution >= 0.6 is 0 Å². The zero-order valence-electron chi connectivity index (χ0n) is 11.0. The summed E-state index contributed by atoms with van der Waals surface area (Å²) in [7, 11) is 0. The Bertz CT molecular complexity index is 491. The van der Waals surface area contributed by atoms with Crippen LogP contribution < -0.4 is 5.73 Å². The molecule has 0 radical (unpaired) electrons. The zero-order valence-corrected chi connectivity index (χ0v) is 11.0. The molecule has 1 aromatic heterocycles. The van der Waals surface area contributed by atoms with Crippen LogP contribution in [0.1, 0.15) is 35.8 Å². The molecule has 2 atom stereocenters. The van der Waals surface area contributed by atoms with Gasteiger partial charge in [-0.1, -0.05) is 13.3 Å². The molecule has 0 aromatic carbocycles. The summed E-state index contributed by atoms with van der Waals surface area (Å²) in [5.74, 6) is 0.283. The van der Waals surface area contributed by atoms with Gasteiger partial charge in [-0.2, -0.15) is 5.26 Å². The molecule has 0 spiro atoms. The maximum absolute atomic E-state index is 12.3. The summed E-state index contributed by atoms with van der Waals surface area (Å²) in [4.78, 5) is 18.2. The number of nitriles is 1. The van der Waals surface area contributed by atoms with Crippen molar-refractivity contribution in [3.63, 3.8) is 0 Å². The van der Waals surface area contributed by atoms with Crippen molar-refractivity contribution in [1.29, 1.82) is 5.26 Å². The van der Waals surface area contributed by atoms with E-state index in [1.54, 1.807) is 12.1 Å². The Morgan fingerprint density at radius 2 is 2.42 bits per heavy atom. The average molecular weight is 258 g/mol. The number of nitrogens with zero attached hydrogens (tertiary/aromatic N) is 3. The molecule has 0 saturated carbocycles. The molecule has 1 amide bonds. The van der Waals surface area contributed by atoms with Crippen LogP contribution in [0.4, 0.5) is 0 Å². The number of amides is 1. The van der Waals surface area contributed by atoms with E-state index in [2.05, 4.69) is 11.9 Å². The molecule has 19 heavy (non-hydrogen) atoms. The molecule has 5 nitrogen and oxygen atoms in total. The quantitative estimate of drug-likeness (QED) is 0.862. The molecule has 5 heteroatoms. The first-order chi connectivity index (χ1) is 9.15. The van der Waals surface area contributed by atoms with Crippen molar-refractivity contribution in [2.45, 2.75) is 25.8 Å². The van der Waals surface area contributed by atoms with Crippen molar-refractivity contribution in [3.8, 4) is 6.07 Å². The molecule has 1 saturated heterocycles. The van der Waals surface area contributed by atoms with Gasteiger partial charge in [0.15, 0.2) is 0 Å². The molecular weight excluding hydrogens is 240 g/mol.